The average molecular weight is 275 g/mol. The van der Waals surface area contributed by atoms with E-state index in [2.05, 4.69) is 15.5 Å². The van der Waals surface area contributed by atoms with Crippen LogP contribution in [0.15, 0.2) is 27.8 Å². The lowest BCUT2D eigenvalue weighted by atomic mass is 10.1. The summed E-state index contributed by atoms with van der Waals surface area (Å²) in [6.45, 7) is 1.51. The summed E-state index contributed by atoms with van der Waals surface area (Å²) < 4.78 is 5.43. The molecule has 1 fully saturated rings. The largest absolute Gasteiger partial charge is 0.382 e. The summed E-state index contributed by atoms with van der Waals surface area (Å²) in [5, 5.41) is 8.92. The Labute approximate surface area is 115 Å². The Bertz CT molecular complexity index is 711. The fraction of sp³-hybridized carbons (Fsp3) is 0.429. The minimum absolute atomic E-state index is 0.266. The van der Waals surface area contributed by atoms with Crippen LogP contribution in [0.5, 0.6) is 0 Å². The minimum Gasteiger partial charge on any atom is -0.382 e. The Balaban J connectivity index is 2.01. The van der Waals surface area contributed by atoms with Crippen LogP contribution in [0.4, 0.5) is 5.69 Å². The molecule has 0 bridgehead atoms. The van der Waals surface area contributed by atoms with Crippen molar-refractivity contribution >= 4 is 16.5 Å². The van der Waals surface area contributed by atoms with Gasteiger partial charge in [-0.05, 0) is 31.4 Å². The second-order valence-corrected chi connectivity index (χ2v) is 5.02. The van der Waals surface area contributed by atoms with Gasteiger partial charge in [-0.1, -0.05) is 6.07 Å². The number of anilines is 1. The maximum Gasteiger partial charge on any atom is 0.272 e. The first-order chi connectivity index (χ1) is 9.75. The van der Waals surface area contributed by atoms with Gasteiger partial charge in [-0.25, -0.2) is 0 Å². The lowest BCUT2D eigenvalue weighted by Crippen LogP contribution is -2.24. The number of fused-ring (bicyclic) bond motifs is 1. The van der Waals surface area contributed by atoms with Crippen molar-refractivity contribution in [3.8, 4) is 0 Å². The van der Waals surface area contributed by atoms with Crippen molar-refractivity contribution in [2.75, 3.05) is 18.5 Å². The highest BCUT2D eigenvalue weighted by molar-refractivity contribution is 5.92. The molecule has 3 rings (SSSR count). The van der Waals surface area contributed by atoms with Crippen LogP contribution in [0.3, 0.4) is 0 Å². The van der Waals surface area contributed by atoms with E-state index in [0.29, 0.717) is 16.5 Å². The van der Waals surface area contributed by atoms with E-state index in [1.54, 1.807) is 12.1 Å². The first kappa shape index (κ1) is 12.9. The molecule has 1 aliphatic heterocycles. The first-order valence-electron chi connectivity index (χ1n) is 6.83. The van der Waals surface area contributed by atoms with E-state index >= 15 is 0 Å². The van der Waals surface area contributed by atoms with Crippen molar-refractivity contribution in [3.05, 3.63) is 38.9 Å². The van der Waals surface area contributed by atoms with E-state index in [1.165, 1.54) is 0 Å². The van der Waals surface area contributed by atoms with Crippen molar-refractivity contribution in [2.24, 2.45) is 0 Å². The third-order valence-corrected chi connectivity index (χ3v) is 3.64. The van der Waals surface area contributed by atoms with Crippen LogP contribution in [-0.2, 0) is 4.74 Å². The van der Waals surface area contributed by atoms with Gasteiger partial charge in [-0.3, -0.25) is 19.8 Å². The van der Waals surface area contributed by atoms with Crippen LogP contribution < -0.4 is 16.4 Å². The Morgan fingerprint density at radius 1 is 1.10 bits per heavy atom. The molecule has 2 heterocycles. The van der Waals surface area contributed by atoms with Gasteiger partial charge in [0.15, 0.2) is 0 Å². The van der Waals surface area contributed by atoms with Crippen molar-refractivity contribution in [1.29, 1.82) is 0 Å². The summed E-state index contributed by atoms with van der Waals surface area (Å²) in [6.07, 6.45) is 2.90. The summed E-state index contributed by atoms with van der Waals surface area (Å²) in [5.41, 5.74) is 0.141. The molecule has 0 radical (unpaired) electrons. The van der Waals surface area contributed by atoms with Crippen molar-refractivity contribution < 1.29 is 4.74 Å². The van der Waals surface area contributed by atoms with Gasteiger partial charge in [-0.2, -0.15) is 0 Å². The monoisotopic (exact) mass is 275 g/mol. The molecule has 1 aliphatic rings. The summed E-state index contributed by atoms with van der Waals surface area (Å²) in [4.78, 5) is 23.7. The van der Waals surface area contributed by atoms with Crippen LogP contribution in [0.2, 0.25) is 0 Å². The standard InChI is InChI=1S/C14H17N3O3/c18-13-10-4-1-5-11(12(10)14(19)17-16-13)15-9-3-2-7-20-8-6-9/h1,4-5,9,15H,2-3,6-8H2,(H,16,18)(H,17,19). The van der Waals surface area contributed by atoms with Gasteiger partial charge in [0.1, 0.15) is 0 Å². The lowest BCUT2D eigenvalue weighted by molar-refractivity contribution is 0.144. The maximum absolute atomic E-state index is 12.0. The van der Waals surface area contributed by atoms with E-state index in [9.17, 15) is 9.59 Å². The third-order valence-electron chi connectivity index (χ3n) is 3.64. The Hall–Kier alpha value is -2.08. The molecule has 1 saturated heterocycles. The van der Waals surface area contributed by atoms with Gasteiger partial charge in [0.05, 0.1) is 10.8 Å². The van der Waals surface area contributed by atoms with E-state index in [1.807, 2.05) is 6.07 Å². The Morgan fingerprint density at radius 2 is 1.95 bits per heavy atom. The zero-order valence-corrected chi connectivity index (χ0v) is 11.1. The van der Waals surface area contributed by atoms with Crippen LogP contribution in [0.25, 0.3) is 10.8 Å². The number of ether oxygens (including phenoxy) is 1. The number of hydrogen-bond acceptors (Lipinski definition) is 4. The number of H-pyrrole nitrogens is 2. The molecular formula is C14H17N3O3. The molecule has 1 aromatic heterocycles. The number of nitrogens with one attached hydrogen (secondary N) is 3. The normalized spacial score (nSPS) is 19.7. The molecule has 0 aliphatic carbocycles. The zero-order chi connectivity index (χ0) is 13.9. The van der Waals surface area contributed by atoms with E-state index in [0.717, 1.165) is 32.5 Å². The lowest BCUT2D eigenvalue weighted by Gasteiger charge is -2.18. The number of aromatic nitrogens is 2. The zero-order valence-electron chi connectivity index (χ0n) is 11.1. The summed E-state index contributed by atoms with van der Waals surface area (Å²) in [5.74, 6) is 0. The summed E-state index contributed by atoms with van der Waals surface area (Å²) in [7, 11) is 0. The molecule has 3 N–H and O–H groups in total. The quantitative estimate of drug-likeness (QED) is 0.768. The van der Waals surface area contributed by atoms with Crippen molar-refractivity contribution in [3.63, 3.8) is 0 Å². The molecule has 0 amide bonds. The Kier molecular flexibility index (Phi) is 3.56. The predicted octanol–water partition coefficient (Wildman–Crippen LogP) is 1.20. The SMILES string of the molecule is O=c1[nH][nH]c(=O)c2c(NC3CCCOCC3)cccc12. The smallest absolute Gasteiger partial charge is 0.272 e. The highest BCUT2D eigenvalue weighted by atomic mass is 16.5. The molecule has 0 saturated carbocycles. The van der Waals surface area contributed by atoms with Gasteiger partial charge in [-0.15, -0.1) is 0 Å². The summed E-state index contributed by atoms with van der Waals surface area (Å²) in [6, 6.07) is 5.54. The highest BCUT2D eigenvalue weighted by Crippen LogP contribution is 2.20. The van der Waals surface area contributed by atoms with Crippen LogP contribution >= 0.6 is 0 Å². The first-order valence-corrected chi connectivity index (χ1v) is 6.83. The average Bonchev–Trinajstić information content (AvgIpc) is 2.72. The molecule has 0 spiro atoms. The Morgan fingerprint density at radius 3 is 2.85 bits per heavy atom. The fourth-order valence-corrected chi connectivity index (χ4v) is 2.62. The molecule has 1 aromatic carbocycles. The molecular weight excluding hydrogens is 258 g/mol. The number of aromatic amines is 2. The van der Waals surface area contributed by atoms with E-state index < -0.39 is 0 Å². The van der Waals surface area contributed by atoms with Gasteiger partial charge in [0, 0.05) is 24.9 Å². The molecule has 106 valence electrons. The molecule has 1 unspecified atom stereocenters. The van der Waals surface area contributed by atoms with Crippen molar-refractivity contribution in [2.45, 2.75) is 25.3 Å². The molecule has 1 atom stereocenters. The second-order valence-electron chi connectivity index (χ2n) is 5.02. The highest BCUT2D eigenvalue weighted by Gasteiger charge is 2.15. The minimum atomic E-state index is -0.285. The fourth-order valence-electron chi connectivity index (χ4n) is 2.62. The molecule has 6 heteroatoms. The van der Waals surface area contributed by atoms with Gasteiger partial charge in [0.25, 0.3) is 11.1 Å². The van der Waals surface area contributed by atoms with E-state index in [4.69, 9.17) is 4.74 Å². The maximum atomic E-state index is 12.0. The second kappa shape index (κ2) is 5.50. The van der Waals surface area contributed by atoms with Crippen LogP contribution in [-0.4, -0.2) is 29.5 Å². The van der Waals surface area contributed by atoms with Crippen LogP contribution in [0.1, 0.15) is 19.3 Å². The van der Waals surface area contributed by atoms with E-state index in [-0.39, 0.29) is 17.2 Å². The number of rotatable bonds is 2. The topological polar surface area (TPSA) is 87.0 Å². The van der Waals surface area contributed by atoms with Crippen molar-refractivity contribution in [1.82, 2.24) is 10.2 Å². The third kappa shape index (κ3) is 2.46. The van der Waals surface area contributed by atoms with Crippen LogP contribution in [0, 0.1) is 0 Å². The van der Waals surface area contributed by atoms with Gasteiger partial charge >= 0.3 is 0 Å². The molecule has 2 aromatic rings. The molecule has 6 nitrogen and oxygen atoms in total. The number of benzene rings is 1. The number of hydrogen-bond donors (Lipinski definition) is 3. The predicted molar refractivity (Wildman–Crippen MR) is 77.3 cm³/mol. The van der Waals surface area contributed by atoms with Gasteiger partial charge < -0.3 is 10.1 Å². The summed E-state index contributed by atoms with van der Waals surface area (Å²) >= 11 is 0. The van der Waals surface area contributed by atoms with Gasteiger partial charge in [0.2, 0.25) is 0 Å². The molecule has 20 heavy (non-hydrogen) atoms.